The summed E-state index contributed by atoms with van der Waals surface area (Å²) in [6, 6.07) is 4.10. The number of aryl methyl sites for hydroxylation is 1. The van der Waals surface area contributed by atoms with Crippen LogP contribution in [-0.4, -0.2) is 25.5 Å². The first kappa shape index (κ1) is 19.9. The maximum atomic E-state index is 12.8. The van der Waals surface area contributed by atoms with Gasteiger partial charge >= 0.3 is 5.63 Å². The lowest BCUT2D eigenvalue weighted by atomic mass is 9.81. The highest BCUT2D eigenvalue weighted by molar-refractivity contribution is 6.03. The number of fused-ring (bicyclic) bond motifs is 3. The lowest BCUT2D eigenvalue weighted by Gasteiger charge is -2.34. The highest BCUT2D eigenvalue weighted by atomic mass is 16.7. The Kier molecular flexibility index (Phi) is 5.13. The van der Waals surface area contributed by atoms with Crippen molar-refractivity contribution in [2.45, 2.75) is 52.2 Å². The summed E-state index contributed by atoms with van der Waals surface area (Å²) in [4.78, 5) is 12.8. The molecule has 0 saturated heterocycles. The normalized spacial score (nSPS) is 22.9. The third-order valence-corrected chi connectivity index (χ3v) is 5.93. The number of anilines is 1. The molecule has 4 rings (SSSR count). The molecule has 2 heterocycles. The van der Waals surface area contributed by atoms with Crippen LogP contribution in [0, 0.1) is 12.8 Å². The topological polar surface area (TPSA) is 60.7 Å². The summed E-state index contributed by atoms with van der Waals surface area (Å²) in [5, 5.41) is 5.08. The Bertz CT molecular complexity index is 1060. The standard InChI is InChI=1S/C24H29NO4/c1-14-12-24(3,4)25-19-10-9-18-17(15(2)29-23(26)22(18)21(14)19)8-6-16-7-11-20(16)28-13-27-5/h6,8-10,12,16,20,25H,7,11,13H2,1-5H3/b8-6-/t16-,20?/m0/s1. The van der Waals surface area contributed by atoms with Crippen LogP contribution in [0.25, 0.3) is 22.4 Å². The van der Waals surface area contributed by atoms with Gasteiger partial charge in [0.15, 0.2) is 0 Å². The number of nitrogens with one attached hydrogen (secondary N) is 1. The average Bonchev–Trinajstić information content (AvgIpc) is 2.62. The molecule has 2 aliphatic rings. The average molecular weight is 395 g/mol. The van der Waals surface area contributed by atoms with Gasteiger partial charge in [0.05, 0.1) is 17.0 Å². The molecule has 1 aliphatic heterocycles. The molecule has 1 aromatic carbocycles. The molecule has 0 bridgehead atoms. The van der Waals surface area contributed by atoms with Crippen LogP contribution >= 0.6 is 0 Å². The molecule has 0 radical (unpaired) electrons. The van der Waals surface area contributed by atoms with Crippen molar-refractivity contribution in [3.63, 3.8) is 0 Å². The van der Waals surface area contributed by atoms with Gasteiger partial charge in [0.2, 0.25) is 0 Å². The summed E-state index contributed by atoms with van der Waals surface area (Å²) in [5.74, 6) is 0.992. The number of hydrogen-bond acceptors (Lipinski definition) is 5. The second-order valence-electron chi connectivity index (χ2n) is 8.66. The van der Waals surface area contributed by atoms with Crippen LogP contribution < -0.4 is 10.9 Å². The predicted octanol–water partition coefficient (Wildman–Crippen LogP) is 5.12. The van der Waals surface area contributed by atoms with E-state index in [2.05, 4.69) is 50.4 Å². The Labute approximate surface area is 171 Å². The molecule has 5 heteroatoms. The zero-order valence-electron chi connectivity index (χ0n) is 17.8. The lowest BCUT2D eigenvalue weighted by molar-refractivity contribution is -0.114. The SMILES string of the molecule is COCOC1CC[C@@H]1/C=C\c1c(C)oc(=O)c2c3c(ccc12)NC(C)(C)C=C3C. The molecular weight excluding hydrogens is 366 g/mol. The predicted molar refractivity (Wildman–Crippen MR) is 117 cm³/mol. The number of benzene rings is 1. The van der Waals surface area contributed by atoms with Crippen LogP contribution in [0.1, 0.15) is 50.5 Å². The van der Waals surface area contributed by atoms with E-state index in [0.717, 1.165) is 40.6 Å². The van der Waals surface area contributed by atoms with Gasteiger partial charge in [0.25, 0.3) is 0 Å². The van der Waals surface area contributed by atoms with Gasteiger partial charge in [0.1, 0.15) is 12.6 Å². The number of rotatable bonds is 5. The molecule has 1 fully saturated rings. The van der Waals surface area contributed by atoms with Crippen LogP contribution in [0.5, 0.6) is 0 Å². The van der Waals surface area contributed by atoms with Gasteiger partial charge in [-0.3, -0.25) is 0 Å². The molecule has 1 unspecified atom stereocenters. The van der Waals surface area contributed by atoms with Crippen molar-refractivity contribution in [3.8, 4) is 0 Å². The van der Waals surface area contributed by atoms with Crippen molar-refractivity contribution >= 4 is 28.1 Å². The van der Waals surface area contributed by atoms with Crippen molar-refractivity contribution in [1.29, 1.82) is 0 Å². The third kappa shape index (κ3) is 3.65. The minimum Gasteiger partial charge on any atom is -0.427 e. The number of hydrogen-bond donors (Lipinski definition) is 1. The summed E-state index contributed by atoms with van der Waals surface area (Å²) < 4.78 is 16.4. The molecule has 2 aromatic rings. The van der Waals surface area contributed by atoms with Crippen LogP contribution in [0.4, 0.5) is 5.69 Å². The van der Waals surface area contributed by atoms with Crippen molar-refractivity contribution in [3.05, 3.63) is 51.6 Å². The fraction of sp³-hybridized carbons (Fsp3) is 0.458. The highest BCUT2D eigenvalue weighted by Crippen LogP contribution is 2.39. The summed E-state index contributed by atoms with van der Waals surface area (Å²) in [6.45, 7) is 8.47. The van der Waals surface area contributed by atoms with E-state index < -0.39 is 0 Å². The van der Waals surface area contributed by atoms with Crippen molar-refractivity contribution < 1.29 is 13.9 Å². The smallest absolute Gasteiger partial charge is 0.344 e. The largest absolute Gasteiger partial charge is 0.427 e. The monoisotopic (exact) mass is 395 g/mol. The molecular formula is C24H29NO4. The van der Waals surface area contributed by atoms with Crippen molar-refractivity contribution in [2.24, 2.45) is 5.92 Å². The Balaban J connectivity index is 1.78. The van der Waals surface area contributed by atoms with E-state index in [1.165, 1.54) is 0 Å². The Morgan fingerprint density at radius 1 is 1.28 bits per heavy atom. The van der Waals surface area contributed by atoms with E-state index in [4.69, 9.17) is 13.9 Å². The quantitative estimate of drug-likeness (QED) is 0.712. The minimum absolute atomic E-state index is 0.153. The maximum Gasteiger partial charge on any atom is 0.344 e. The van der Waals surface area contributed by atoms with Gasteiger partial charge in [-0.25, -0.2) is 4.79 Å². The van der Waals surface area contributed by atoms with Crippen LogP contribution in [-0.2, 0) is 9.47 Å². The first-order valence-corrected chi connectivity index (χ1v) is 10.2. The molecule has 1 aliphatic carbocycles. The van der Waals surface area contributed by atoms with Crippen LogP contribution in [0.15, 0.2) is 33.5 Å². The summed E-state index contributed by atoms with van der Waals surface area (Å²) in [6.07, 6.45) is 8.75. The Hall–Kier alpha value is -2.37. The second kappa shape index (κ2) is 7.47. The molecule has 0 amide bonds. The Morgan fingerprint density at radius 2 is 2.07 bits per heavy atom. The Morgan fingerprint density at radius 3 is 2.76 bits per heavy atom. The van der Waals surface area contributed by atoms with E-state index in [0.29, 0.717) is 23.9 Å². The van der Waals surface area contributed by atoms with Crippen LogP contribution in [0.3, 0.4) is 0 Å². The molecule has 2 atom stereocenters. The highest BCUT2D eigenvalue weighted by Gasteiger charge is 2.30. The fourth-order valence-electron chi connectivity index (χ4n) is 4.49. The van der Waals surface area contributed by atoms with E-state index in [1.807, 2.05) is 13.0 Å². The number of methoxy groups -OCH3 is 1. The minimum atomic E-state index is -0.286. The molecule has 5 nitrogen and oxygen atoms in total. The van der Waals surface area contributed by atoms with E-state index in [-0.39, 0.29) is 17.3 Å². The zero-order valence-corrected chi connectivity index (χ0v) is 17.8. The molecule has 1 N–H and O–H groups in total. The number of ether oxygens (including phenoxy) is 2. The van der Waals surface area contributed by atoms with E-state index >= 15 is 0 Å². The second-order valence-corrected chi connectivity index (χ2v) is 8.66. The molecule has 0 spiro atoms. The summed E-state index contributed by atoms with van der Waals surface area (Å²) >= 11 is 0. The fourth-order valence-corrected chi connectivity index (χ4v) is 4.49. The molecule has 29 heavy (non-hydrogen) atoms. The third-order valence-electron chi connectivity index (χ3n) is 5.93. The van der Waals surface area contributed by atoms with Gasteiger partial charge in [0, 0.05) is 35.2 Å². The zero-order chi connectivity index (χ0) is 20.8. The van der Waals surface area contributed by atoms with E-state index in [9.17, 15) is 4.79 Å². The van der Waals surface area contributed by atoms with Gasteiger partial charge < -0.3 is 19.2 Å². The van der Waals surface area contributed by atoms with Gasteiger partial charge in [-0.2, -0.15) is 0 Å². The first-order chi connectivity index (χ1) is 13.8. The molecule has 1 aromatic heterocycles. The van der Waals surface area contributed by atoms with E-state index in [1.54, 1.807) is 7.11 Å². The van der Waals surface area contributed by atoms with Gasteiger partial charge in [-0.15, -0.1) is 0 Å². The maximum absolute atomic E-state index is 12.8. The molecule has 154 valence electrons. The van der Waals surface area contributed by atoms with Gasteiger partial charge in [-0.05, 0) is 52.2 Å². The van der Waals surface area contributed by atoms with Gasteiger partial charge in [-0.1, -0.05) is 24.3 Å². The lowest BCUT2D eigenvalue weighted by Crippen LogP contribution is -2.33. The number of allylic oxidation sites excluding steroid dienone is 1. The summed E-state index contributed by atoms with van der Waals surface area (Å²) in [5.41, 5.74) is 3.52. The van der Waals surface area contributed by atoms with Crippen molar-refractivity contribution in [2.75, 3.05) is 19.2 Å². The molecule has 1 saturated carbocycles. The van der Waals surface area contributed by atoms with Crippen LogP contribution in [0.2, 0.25) is 0 Å². The van der Waals surface area contributed by atoms with Crippen molar-refractivity contribution in [1.82, 2.24) is 0 Å². The summed E-state index contributed by atoms with van der Waals surface area (Å²) in [7, 11) is 1.64. The first-order valence-electron chi connectivity index (χ1n) is 10.2.